The average Bonchev–Trinajstić information content (AvgIpc) is 3.27. The van der Waals surface area contributed by atoms with Gasteiger partial charge in [-0.15, -0.1) is 0 Å². The molecule has 1 heterocycles. The number of carbonyl (C=O) groups is 5. The highest BCUT2D eigenvalue weighted by molar-refractivity contribution is 5.94. The topological polar surface area (TPSA) is 205 Å². The van der Waals surface area contributed by atoms with Crippen molar-refractivity contribution < 1.29 is 34.2 Å². The van der Waals surface area contributed by atoms with Crippen molar-refractivity contribution in [2.45, 2.75) is 63.2 Å². The smallest absolute Gasteiger partial charge is 0.326 e. The molecule has 186 valence electrons. The number of nitrogens with zero attached hydrogens (tertiary/aromatic N) is 1. The van der Waals surface area contributed by atoms with E-state index < -0.39 is 53.8 Å². The summed E-state index contributed by atoms with van der Waals surface area (Å²) in [5, 5.41) is 24.0. The predicted octanol–water partition coefficient (Wildman–Crippen LogP) is -1.41. The maximum Gasteiger partial charge on any atom is 0.326 e. The summed E-state index contributed by atoms with van der Waals surface area (Å²) in [6, 6.07) is 1.73. The van der Waals surface area contributed by atoms with Gasteiger partial charge in [0.15, 0.2) is 0 Å². The van der Waals surface area contributed by atoms with Crippen LogP contribution in [0, 0.1) is 0 Å². The van der Waals surface area contributed by atoms with E-state index in [4.69, 9.17) is 11.5 Å². The number of aliphatic carboxylic acids is 1. The molecule has 1 aromatic rings. The molecule has 1 aromatic carbocycles. The Bertz CT molecular complexity index is 919. The largest absolute Gasteiger partial charge is 0.508 e. The lowest BCUT2D eigenvalue weighted by molar-refractivity contribution is -0.149. The zero-order valence-corrected chi connectivity index (χ0v) is 18.9. The minimum absolute atomic E-state index is 0.0114. The number of phenolic OH excluding ortho intramolecular Hbond substituents is 1. The third-order valence-corrected chi connectivity index (χ3v) is 5.54. The first-order valence-corrected chi connectivity index (χ1v) is 11.0. The second-order valence-corrected chi connectivity index (χ2v) is 8.31. The van der Waals surface area contributed by atoms with Crippen LogP contribution < -0.4 is 22.1 Å². The van der Waals surface area contributed by atoms with Gasteiger partial charge < -0.3 is 37.2 Å². The van der Waals surface area contributed by atoms with E-state index in [-0.39, 0.29) is 31.6 Å². The van der Waals surface area contributed by atoms with Gasteiger partial charge in [0.05, 0.1) is 6.04 Å². The van der Waals surface area contributed by atoms with Gasteiger partial charge in [-0.1, -0.05) is 12.1 Å². The second-order valence-electron chi connectivity index (χ2n) is 8.31. The Kier molecular flexibility index (Phi) is 9.36. The summed E-state index contributed by atoms with van der Waals surface area (Å²) >= 11 is 0. The van der Waals surface area contributed by atoms with Crippen LogP contribution in [0.25, 0.3) is 0 Å². The Morgan fingerprint density at radius 3 is 2.26 bits per heavy atom. The number of rotatable bonds is 11. The fourth-order valence-electron chi connectivity index (χ4n) is 3.69. The molecule has 1 fully saturated rings. The summed E-state index contributed by atoms with van der Waals surface area (Å²) in [4.78, 5) is 62.5. The minimum Gasteiger partial charge on any atom is -0.508 e. The van der Waals surface area contributed by atoms with E-state index >= 15 is 0 Å². The average molecular weight is 478 g/mol. The van der Waals surface area contributed by atoms with E-state index in [1.54, 1.807) is 12.1 Å². The number of likely N-dealkylation sites (tertiary alicyclic amines) is 1. The van der Waals surface area contributed by atoms with Gasteiger partial charge in [0, 0.05) is 19.4 Å². The standard InChI is InChI=1S/C22H31N5O7/c1-12(23)19(30)25-15(8-9-18(24)29)20(31)26-16(11-13-4-6-14(28)7-5-13)21(32)27-10-2-3-17(27)22(33)34/h4-7,12,15-17,28H,2-3,8-11,23H2,1H3,(H2,24,29)(H,25,30)(H,26,31)(H,33,34). The van der Waals surface area contributed by atoms with Crippen LogP contribution in [-0.4, -0.2) is 75.4 Å². The van der Waals surface area contributed by atoms with E-state index in [0.717, 1.165) is 0 Å². The van der Waals surface area contributed by atoms with Crippen molar-refractivity contribution in [3.63, 3.8) is 0 Å². The number of carboxylic acid groups (broad SMARTS) is 1. The van der Waals surface area contributed by atoms with Crippen molar-refractivity contribution >= 4 is 29.6 Å². The van der Waals surface area contributed by atoms with E-state index in [1.807, 2.05) is 0 Å². The number of carbonyl (C=O) groups excluding carboxylic acids is 4. The van der Waals surface area contributed by atoms with Crippen LogP contribution in [0.5, 0.6) is 5.75 Å². The van der Waals surface area contributed by atoms with Crippen LogP contribution in [0.4, 0.5) is 0 Å². The first kappa shape index (κ1) is 26.6. The molecule has 4 unspecified atom stereocenters. The van der Waals surface area contributed by atoms with Gasteiger partial charge in [0.1, 0.15) is 23.9 Å². The van der Waals surface area contributed by atoms with Gasteiger partial charge in [-0.2, -0.15) is 0 Å². The summed E-state index contributed by atoms with van der Waals surface area (Å²) in [6.07, 6.45) is 0.515. The highest BCUT2D eigenvalue weighted by atomic mass is 16.4. The third kappa shape index (κ3) is 7.44. The number of aromatic hydroxyl groups is 1. The van der Waals surface area contributed by atoms with E-state index in [0.29, 0.717) is 18.4 Å². The summed E-state index contributed by atoms with van der Waals surface area (Å²) < 4.78 is 0. The molecule has 4 amide bonds. The van der Waals surface area contributed by atoms with Crippen molar-refractivity contribution in [2.24, 2.45) is 11.5 Å². The molecule has 0 aromatic heterocycles. The minimum atomic E-state index is -1.19. The molecule has 0 spiro atoms. The molecule has 1 saturated heterocycles. The lowest BCUT2D eigenvalue weighted by Crippen LogP contribution is -2.57. The van der Waals surface area contributed by atoms with Gasteiger partial charge in [0.2, 0.25) is 23.6 Å². The van der Waals surface area contributed by atoms with E-state index in [9.17, 15) is 34.2 Å². The number of nitrogens with two attached hydrogens (primary N) is 2. The Hall–Kier alpha value is -3.67. The van der Waals surface area contributed by atoms with E-state index in [1.165, 1.54) is 24.0 Å². The fourth-order valence-corrected chi connectivity index (χ4v) is 3.69. The number of carboxylic acids is 1. The van der Waals surface area contributed by atoms with Crippen molar-refractivity contribution in [1.82, 2.24) is 15.5 Å². The molecule has 0 radical (unpaired) electrons. The maximum atomic E-state index is 13.3. The zero-order chi connectivity index (χ0) is 25.4. The predicted molar refractivity (Wildman–Crippen MR) is 120 cm³/mol. The van der Waals surface area contributed by atoms with Crippen LogP contribution >= 0.6 is 0 Å². The van der Waals surface area contributed by atoms with Crippen molar-refractivity contribution in [1.29, 1.82) is 0 Å². The summed E-state index contributed by atoms with van der Waals surface area (Å²) in [7, 11) is 0. The van der Waals surface area contributed by atoms with Gasteiger partial charge in [0.25, 0.3) is 0 Å². The number of primary amides is 1. The number of phenols is 1. The first-order valence-electron chi connectivity index (χ1n) is 11.0. The molecule has 4 atom stereocenters. The third-order valence-electron chi connectivity index (χ3n) is 5.54. The van der Waals surface area contributed by atoms with Gasteiger partial charge in [-0.3, -0.25) is 19.2 Å². The summed E-state index contributed by atoms with van der Waals surface area (Å²) in [5.41, 5.74) is 11.3. The Balaban J connectivity index is 2.27. The van der Waals surface area contributed by atoms with Crippen LogP contribution in [0.3, 0.4) is 0 Å². The number of amides is 4. The van der Waals surface area contributed by atoms with Crippen molar-refractivity contribution in [2.75, 3.05) is 6.54 Å². The van der Waals surface area contributed by atoms with Crippen LogP contribution in [0.2, 0.25) is 0 Å². The summed E-state index contributed by atoms with van der Waals surface area (Å²) in [5.74, 6) is -3.74. The van der Waals surface area contributed by atoms with Crippen molar-refractivity contribution in [3.8, 4) is 5.75 Å². The van der Waals surface area contributed by atoms with Gasteiger partial charge in [-0.05, 0) is 43.9 Å². The molecular weight excluding hydrogens is 446 g/mol. The second kappa shape index (κ2) is 12.0. The van der Waals surface area contributed by atoms with Gasteiger partial charge in [-0.25, -0.2) is 4.79 Å². The lowest BCUT2D eigenvalue weighted by Gasteiger charge is -2.29. The van der Waals surface area contributed by atoms with Crippen LogP contribution in [-0.2, 0) is 30.4 Å². The summed E-state index contributed by atoms with van der Waals surface area (Å²) in [6.45, 7) is 1.65. The normalized spacial score (nSPS) is 17.9. The van der Waals surface area contributed by atoms with Crippen molar-refractivity contribution in [3.05, 3.63) is 29.8 Å². The number of hydrogen-bond acceptors (Lipinski definition) is 7. The molecular formula is C22H31N5O7. The van der Waals surface area contributed by atoms with Crippen LogP contribution in [0.15, 0.2) is 24.3 Å². The molecule has 8 N–H and O–H groups in total. The highest BCUT2D eigenvalue weighted by Gasteiger charge is 2.38. The van der Waals surface area contributed by atoms with Crippen LogP contribution in [0.1, 0.15) is 38.2 Å². The quantitative estimate of drug-likeness (QED) is 0.223. The highest BCUT2D eigenvalue weighted by Crippen LogP contribution is 2.20. The number of hydrogen-bond donors (Lipinski definition) is 6. The molecule has 34 heavy (non-hydrogen) atoms. The first-order chi connectivity index (χ1) is 16.0. The molecule has 1 aliphatic rings. The Morgan fingerprint density at radius 1 is 1.09 bits per heavy atom. The van der Waals surface area contributed by atoms with Gasteiger partial charge >= 0.3 is 5.97 Å². The SMILES string of the molecule is CC(N)C(=O)NC(CCC(N)=O)C(=O)NC(Cc1ccc(O)cc1)C(=O)N1CCCC1C(=O)O. The molecule has 12 nitrogen and oxygen atoms in total. The lowest BCUT2D eigenvalue weighted by atomic mass is 10.0. The molecule has 1 aliphatic heterocycles. The fraction of sp³-hybridized carbons (Fsp3) is 0.500. The molecule has 0 saturated carbocycles. The molecule has 0 bridgehead atoms. The number of nitrogens with one attached hydrogen (secondary N) is 2. The molecule has 0 aliphatic carbocycles. The molecule has 12 heteroatoms. The molecule has 2 rings (SSSR count). The number of benzene rings is 1. The maximum absolute atomic E-state index is 13.3. The Labute approximate surface area is 196 Å². The van der Waals surface area contributed by atoms with E-state index in [2.05, 4.69) is 10.6 Å². The monoisotopic (exact) mass is 477 g/mol. The Morgan fingerprint density at radius 2 is 1.71 bits per heavy atom. The zero-order valence-electron chi connectivity index (χ0n) is 18.9.